The molecule has 0 aliphatic rings. The summed E-state index contributed by atoms with van der Waals surface area (Å²) in [5.41, 5.74) is 2.48. The zero-order chi connectivity index (χ0) is 20.6. The van der Waals surface area contributed by atoms with Crippen LogP contribution < -0.4 is 10.3 Å². The fourth-order valence-corrected chi connectivity index (χ4v) is 4.18. The van der Waals surface area contributed by atoms with Gasteiger partial charge in [0.05, 0.1) is 21.6 Å². The number of H-pyrrole nitrogens is 1. The molecule has 0 aliphatic carbocycles. The summed E-state index contributed by atoms with van der Waals surface area (Å²) in [5, 5.41) is 0.437. The number of fused-ring (bicyclic) bond motifs is 1. The van der Waals surface area contributed by atoms with Gasteiger partial charge >= 0.3 is 0 Å². The zero-order valence-corrected chi connectivity index (χ0v) is 16.9. The van der Waals surface area contributed by atoms with Gasteiger partial charge in [-0.3, -0.25) is 9.52 Å². The normalized spacial score (nSPS) is 11.5. The lowest BCUT2D eigenvalue weighted by Crippen LogP contribution is -2.16. The van der Waals surface area contributed by atoms with Crippen LogP contribution in [0.5, 0.6) is 0 Å². The van der Waals surface area contributed by atoms with Crippen LogP contribution in [0.1, 0.15) is 5.56 Å². The second kappa shape index (κ2) is 7.35. The molecule has 0 bridgehead atoms. The third kappa shape index (κ3) is 3.87. The summed E-state index contributed by atoms with van der Waals surface area (Å²) >= 11 is 5.85. The number of nitrogens with one attached hydrogen (secondary N) is 2. The van der Waals surface area contributed by atoms with E-state index in [-0.39, 0.29) is 16.3 Å². The highest BCUT2D eigenvalue weighted by Gasteiger charge is 2.19. The molecule has 0 fully saturated rings. The van der Waals surface area contributed by atoms with E-state index in [2.05, 4.69) is 14.7 Å². The highest BCUT2D eigenvalue weighted by atomic mass is 35.5. The van der Waals surface area contributed by atoms with Crippen LogP contribution in [-0.2, 0) is 10.0 Å². The van der Waals surface area contributed by atoms with Gasteiger partial charge in [-0.25, -0.2) is 13.4 Å². The van der Waals surface area contributed by atoms with Crippen LogP contribution >= 0.6 is 11.6 Å². The van der Waals surface area contributed by atoms with Gasteiger partial charge in [-0.05, 0) is 55.5 Å². The quantitative estimate of drug-likeness (QED) is 0.508. The van der Waals surface area contributed by atoms with Crippen molar-refractivity contribution in [2.24, 2.45) is 0 Å². The molecule has 6 nitrogen and oxygen atoms in total. The lowest BCUT2D eigenvalue weighted by molar-refractivity contribution is 0.601. The number of anilines is 1. The van der Waals surface area contributed by atoms with E-state index in [1.165, 1.54) is 24.3 Å². The number of aromatic amines is 1. The molecule has 0 aliphatic heterocycles. The van der Waals surface area contributed by atoms with E-state index in [1.807, 2.05) is 13.0 Å². The van der Waals surface area contributed by atoms with Crippen LogP contribution in [0.2, 0.25) is 5.02 Å². The molecular weight excluding hydrogens is 410 g/mol. The molecule has 146 valence electrons. The largest absolute Gasteiger partial charge is 0.319 e. The molecule has 0 saturated heterocycles. The molecule has 0 radical (unpaired) electrons. The number of para-hydroxylation sites is 2. The van der Waals surface area contributed by atoms with Crippen LogP contribution in [0, 0.1) is 6.92 Å². The molecule has 8 heteroatoms. The summed E-state index contributed by atoms with van der Waals surface area (Å²) in [6.45, 7) is 1.86. The van der Waals surface area contributed by atoms with Crippen molar-refractivity contribution >= 4 is 38.3 Å². The van der Waals surface area contributed by atoms with Crippen molar-refractivity contribution in [1.82, 2.24) is 9.97 Å². The molecule has 4 rings (SSSR count). The maximum Gasteiger partial charge on any atom is 0.275 e. The molecule has 4 aromatic rings. The summed E-state index contributed by atoms with van der Waals surface area (Å²) in [7, 11) is -3.88. The van der Waals surface area contributed by atoms with Gasteiger partial charge in [0.1, 0.15) is 5.69 Å². The Kier molecular flexibility index (Phi) is 4.86. The SMILES string of the molecule is Cc1ccc(NS(=O)(=O)c2ccc(Cl)cc2)c(-c2nc3ccccc3[nH]c2=O)c1. The standard InChI is InChI=1S/C21H16ClN3O3S/c1-13-6-11-17(25-29(27,28)15-9-7-14(22)8-10-15)16(12-13)20-21(26)24-19-5-3-2-4-18(19)23-20/h2-12,25H,1H3,(H,24,26). The van der Waals surface area contributed by atoms with Crippen LogP contribution in [0.3, 0.4) is 0 Å². The van der Waals surface area contributed by atoms with Crippen molar-refractivity contribution in [2.45, 2.75) is 11.8 Å². The molecule has 0 atom stereocenters. The first kappa shape index (κ1) is 19.2. The number of aryl methyl sites for hydroxylation is 1. The summed E-state index contributed by atoms with van der Waals surface area (Å²) in [6.07, 6.45) is 0. The van der Waals surface area contributed by atoms with Gasteiger partial charge in [-0.15, -0.1) is 0 Å². The van der Waals surface area contributed by atoms with Crippen molar-refractivity contribution in [3.8, 4) is 11.3 Å². The molecule has 29 heavy (non-hydrogen) atoms. The van der Waals surface area contributed by atoms with Crippen LogP contribution in [-0.4, -0.2) is 18.4 Å². The Morgan fingerprint density at radius 1 is 1.00 bits per heavy atom. The fourth-order valence-electron chi connectivity index (χ4n) is 2.97. The average molecular weight is 426 g/mol. The summed E-state index contributed by atoms with van der Waals surface area (Å²) in [6, 6.07) is 18.1. The molecule has 1 heterocycles. The Bertz CT molecular complexity index is 1380. The monoisotopic (exact) mass is 425 g/mol. The van der Waals surface area contributed by atoms with E-state index in [0.29, 0.717) is 21.6 Å². The number of halogens is 1. The first-order chi connectivity index (χ1) is 13.8. The van der Waals surface area contributed by atoms with Gasteiger partial charge in [-0.2, -0.15) is 0 Å². The van der Waals surface area contributed by atoms with E-state index in [1.54, 1.807) is 36.4 Å². The van der Waals surface area contributed by atoms with Gasteiger partial charge in [0, 0.05) is 10.6 Å². The lowest BCUT2D eigenvalue weighted by Gasteiger charge is -2.13. The van der Waals surface area contributed by atoms with Gasteiger partial charge in [-0.1, -0.05) is 35.4 Å². The Morgan fingerprint density at radius 3 is 2.48 bits per heavy atom. The van der Waals surface area contributed by atoms with Gasteiger partial charge in [0.25, 0.3) is 15.6 Å². The number of nitrogens with zero attached hydrogens (tertiary/aromatic N) is 1. The second-order valence-electron chi connectivity index (χ2n) is 6.54. The number of aromatic nitrogens is 2. The Labute approximate surface area is 172 Å². The van der Waals surface area contributed by atoms with Crippen LogP contribution in [0.4, 0.5) is 5.69 Å². The number of hydrogen-bond acceptors (Lipinski definition) is 4. The fraction of sp³-hybridized carbons (Fsp3) is 0.0476. The molecular formula is C21H16ClN3O3S. The number of hydrogen-bond donors (Lipinski definition) is 2. The third-order valence-electron chi connectivity index (χ3n) is 4.40. The van der Waals surface area contributed by atoms with Gasteiger partial charge in [0.2, 0.25) is 0 Å². The minimum Gasteiger partial charge on any atom is -0.319 e. The van der Waals surface area contributed by atoms with E-state index in [4.69, 9.17) is 11.6 Å². The van der Waals surface area contributed by atoms with E-state index in [9.17, 15) is 13.2 Å². The van der Waals surface area contributed by atoms with Crippen molar-refractivity contribution in [2.75, 3.05) is 4.72 Å². The molecule has 2 N–H and O–H groups in total. The highest BCUT2D eigenvalue weighted by Crippen LogP contribution is 2.29. The molecule has 0 spiro atoms. The average Bonchev–Trinajstić information content (AvgIpc) is 2.69. The van der Waals surface area contributed by atoms with Crippen LogP contribution in [0.15, 0.2) is 76.4 Å². The van der Waals surface area contributed by atoms with Crippen molar-refractivity contribution in [3.63, 3.8) is 0 Å². The highest BCUT2D eigenvalue weighted by molar-refractivity contribution is 7.92. The Balaban J connectivity index is 1.84. The summed E-state index contributed by atoms with van der Waals surface area (Å²) < 4.78 is 28.2. The lowest BCUT2D eigenvalue weighted by atomic mass is 10.1. The van der Waals surface area contributed by atoms with Gasteiger partial charge in [0.15, 0.2) is 0 Å². The molecule has 1 aromatic heterocycles. The zero-order valence-electron chi connectivity index (χ0n) is 15.3. The molecule has 0 amide bonds. The van der Waals surface area contributed by atoms with Crippen molar-refractivity contribution < 1.29 is 8.42 Å². The van der Waals surface area contributed by atoms with E-state index in [0.717, 1.165) is 5.56 Å². The second-order valence-corrected chi connectivity index (χ2v) is 8.66. The van der Waals surface area contributed by atoms with E-state index < -0.39 is 15.6 Å². The smallest absolute Gasteiger partial charge is 0.275 e. The number of sulfonamides is 1. The topological polar surface area (TPSA) is 91.9 Å². The number of rotatable bonds is 4. The van der Waals surface area contributed by atoms with Crippen LogP contribution in [0.25, 0.3) is 22.3 Å². The molecule has 0 saturated carbocycles. The molecule has 3 aromatic carbocycles. The Hall–Kier alpha value is -3.16. The maximum absolute atomic E-state index is 12.8. The first-order valence-corrected chi connectivity index (χ1v) is 10.6. The number of benzene rings is 3. The maximum atomic E-state index is 12.8. The third-order valence-corrected chi connectivity index (χ3v) is 6.03. The predicted molar refractivity (Wildman–Crippen MR) is 115 cm³/mol. The van der Waals surface area contributed by atoms with Gasteiger partial charge < -0.3 is 4.98 Å². The summed E-state index contributed by atoms with van der Waals surface area (Å²) in [5.74, 6) is 0. The minimum absolute atomic E-state index is 0.0637. The van der Waals surface area contributed by atoms with Crippen molar-refractivity contribution in [3.05, 3.63) is 87.7 Å². The first-order valence-electron chi connectivity index (χ1n) is 8.72. The summed E-state index contributed by atoms with van der Waals surface area (Å²) in [4.78, 5) is 20.0. The minimum atomic E-state index is -3.88. The Morgan fingerprint density at radius 2 is 1.72 bits per heavy atom. The molecule has 0 unspecified atom stereocenters. The van der Waals surface area contributed by atoms with Crippen molar-refractivity contribution in [1.29, 1.82) is 0 Å². The van der Waals surface area contributed by atoms with E-state index >= 15 is 0 Å². The predicted octanol–water partition coefficient (Wildman–Crippen LogP) is 4.35.